The number of aromatic nitrogens is 2. The van der Waals surface area contributed by atoms with Crippen molar-refractivity contribution in [2.45, 2.75) is 12.5 Å². The molecule has 100 valence electrons. The molecule has 0 aliphatic carbocycles. The van der Waals surface area contributed by atoms with E-state index in [4.69, 9.17) is 10.2 Å². The molecule has 2 rings (SSSR count). The number of nitrogens with zero attached hydrogens (tertiary/aromatic N) is 1. The highest BCUT2D eigenvalue weighted by molar-refractivity contribution is 6.04. The number of aromatic amines is 1. The smallest absolute Gasteiger partial charge is 0.332 e. The quantitative estimate of drug-likeness (QED) is 0.612. The Bertz CT molecular complexity index is 608. The lowest BCUT2D eigenvalue weighted by Gasteiger charge is -2.06. The summed E-state index contributed by atoms with van der Waals surface area (Å²) in [4.78, 5) is 22.2. The van der Waals surface area contributed by atoms with Gasteiger partial charge in [0.2, 0.25) is 0 Å². The number of benzene rings is 1. The Balaban J connectivity index is 1.99. The summed E-state index contributed by atoms with van der Waals surface area (Å²) in [5.41, 5.74) is 0.999. The van der Waals surface area contributed by atoms with Gasteiger partial charge >= 0.3 is 5.97 Å². The molecule has 0 unspecified atom stereocenters. The highest BCUT2D eigenvalue weighted by Gasteiger charge is 2.16. The van der Waals surface area contributed by atoms with E-state index in [9.17, 15) is 9.59 Å². The molecular weight excluding hydrogens is 250 g/mol. The van der Waals surface area contributed by atoms with E-state index < -0.39 is 18.0 Å². The molecule has 0 fully saturated rings. The second-order valence-electron chi connectivity index (χ2n) is 4.02. The Morgan fingerprint density at radius 2 is 2.11 bits per heavy atom. The van der Waals surface area contributed by atoms with Gasteiger partial charge in [0.25, 0.3) is 5.91 Å². The maximum Gasteiger partial charge on any atom is 0.332 e. The van der Waals surface area contributed by atoms with Crippen LogP contribution in [-0.4, -0.2) is 44.9 Å². The Morgan fingerprint density at radius 3 is 2.84 bits per heavy atom. The van der Waals surface area contributed by atoms with Crippen LogP contribution in [0.4, 0.5) is 0 Å². The lowest BCUT2D eigenvalue weighted by Crippen LogP contribution is -2.30. The molecular formula is C12H13N3O4. The van der Waals surface area contributed by atoms with Crippen LogP contribution in [0, 0.1) is 0 Å². The number of carboxylic acids is 1. The maximum atomic E-state index is 11.8. The fourth-order valence-electron chi connectivity index (χ4n) is 1.67. The topological polar surface area (TPSA) is 115 Å². The Labute approximate surface area is 108 Å². The summed E-state index contributed by atoms with van der Waals surface area (Å²) >= 11 is 0. The van der Waals surface area contributed by atoms with Crippen molar-refractivity contribution >= 4 is 22.8 Å². The second-order valence-corrected chi connectivity index (χ2v) is 4.02. The zero-order valence-electron chi connectivity index (χ0n) is 9.96. The fourth-order valence-corrected chi connectivity index (χ4v) is 1.67. The number of carbonyl (C=O) groups is 2. The van der Waals surface area contributed by atoms with Gasteiger partial charge in [0.1, 0.15) is 0 Å². The molecule has 7 heteroatoms. The number of aliphatic hydroxyl groups excluding tert-OH is 1. The first-order valence-electron chi connectivity index (χ1n) is 5.72. The molecule has 1 aromatic carbocycles. The first kappa shape index (κ1) is 13.0. The van der Waals surface area contributed by atoms with Crippen LogP contribution in [0.1, 0.15) is 16.9 Å². The molecule has 1 atom stereocenters. The average Bonchev–Trinajstić information content (AvgIpc) is 2.82. The molecule has 7 nitrogen and oxygen atoms in total. The van der Waals surface area contributed by atoms with E-state index in [1.807, 2.05) is 6.07 Å². The van der Waals surface area contributed by atoms with Crippen LogP contribution in [0.3, 0.4) is 0 Å². The van der Waals surface area contributed by atoms with E-state index in [0.29, 0.717) is 5.39 Å². The third-order valence-electron chi connectivity index (χ3n) is 2.67. The van der Waals surface area contributed by atoms with E-state index in [2.05, 4.69) is 15.5 Å². The number of carbonyl (C=O) groups excluding carboxylic acids is 1. The minimum Gasteiger partial charge on any atom is -0.479 e. The number of H-pyrrole nitrogens is 1. The summed E-state index contributed by atoms with van der Waals surface area (Å²) in [7, 11) is 0. The van der Waals surface area contributed by atoms with Crippen LogP contribution in [0.2, 0.25) is 0 Å². The van der Waals surface area contributed by atoms with E-state index in [-0.39, 0.29) is 18.7 Å². The number of aliphatic hydroxyl groups is 1. The normalized spacial score (nSPS) is 12.3. The van der Waals surface area contributed by atoms with Crippen LogP contribution in [0.25, 0.3) is 10.9 Å². The van der Waals surface area contributed by atoms with Gasteiger partial charge in [0.05, 0.1) is 5.52 Å². The van der Waals surface area contributed by atoms with E-state index in [1.54, 1.807) is 18.2 Å². The van der Waals surface area contributed by atoms with Gasteiger partial charge in [-0.1, -0.05) is 18.2 Å². The molecule has 0 radical (unpaired) electrons. The standard InChI is InChI=1S/C12H13N3O4/c16-9(12(18)19)5-6-13-11(17)10-7-3-1-2-4-8(7)14-15-10/h1-4,9,16H,5-6H2,(H,13,17)(H,14,15)(H,18,19)/t9-/m0/s1. The Kier molecular flexibility index (Phi) is 3.76. The highest BCUT2D eigenvalue weighted by Crippen LogP contribution is 2.14. The van der Waals surface area contributed by atoms with Crippen molar-refractivity contribution in [3.63, 3.8) is 0 Å². The van der Waals surface area contributed by atoms with Gasteiger partial charge in [-0.05, 0) is 6.07 Å². The van der Waals surface area contributed by atoms with Crippen molar-refractivity contribution in [3.05, 3.63) is 30.0 Å². The maximum absolute atomic E-state index is 11.8. The molecule has 2 aromatic rings. The fraction of sp³-hybridized carbons (Fsp3) is 0.250. The van der Waals surface area contributed by atoms with Crippen molar-refractivity contribution in [1.29, 1.82) is 0 Å². The number of hydrogen-bond donors (Lipinski definition) is 4. The predicted molar refractivity (Wildman–Crippen MR) is 66.7 cm³/mol. The molecule has 0 aliphatic rings. The van der Waals surface area contributed by atoms with Gasteiger partial charge in [-0.25, -0.2) is 4.79 Å². The third kappa shape index (κ3) is 2.89. The van der Waals surface area contributed by atoms with Crippen LogP contribution in [0.5, 0.6) is 0 Å². The SMILES string of the molecule is O=C(NCC[C@H](O)C(=O)O)c1n[nH]c2ccccc12. The van der Waals surface area contributed by atoms with Crippen LogP contribution in [0.15, 0.2) is 24.3 Å². The summed E-state index contributed by atoms with van der Waals surface area (Å²) in [6.07, 6.45) is -1.53. The largest absolute Gasteiger partial charge is 0.479 e. The molecule has 0 saturated heterocycles. The number of para-hydroxylation sites is 1. The molecule has 1 amide bonds. The van der Waals surface area contributed by atoms with Gasteiger partial charge < -0.3 is 15.5 Å². The predicted octanol–water partition coefficient (Wildman–Crippen LogP) is 0.128. The van der Waals surface area contributed by atoms with Crippen LogP contribution < -0.4 is 5.32 Å². The summed E-state index contributed by atoms with van der Waals surface area (Å²) in [5, 5.41) is 27.4. The highest BCUT2D eigenvalue weighted by atomic mass is 16.4. The van der Waals surface area contributed by atoms with Crippen molar-refractivity contribution in [2.75, 3.05) is 6.54 Å². The third-order valence-corrected chi connectivity index (χ3v) is 2.67. The van der Waals surface area contributed by atoms with E-state index in [0.717, 1.165) is 5.52 Å². The minimum atomic E-state index is -1.48. The Hall–Kier alpha value is -2.41. The number of rotatable bonds is 5. The van der Waals surface area contributed by atoms with Gasteiger partial charge in [0, 0.05) is 18.4 Å². The number of fused-ring (bicyclic) bond motifs is 1. The summed E-state index contributed by atoms with van der Waals surface area (Å²) < 4.78 is 0. The molecule has 0 aliphatic heterocycles. The second kappa shape index (κ2) is 5.49. The molecule has 0 bridgehead atoms. The van der Waals surface area contributed by atoms with Crippen molar-refractivity contribution in [3.8, 4) is 0 Å². The Morgan fingerprint density at radius 1 is 1.37 bits per heavy atom. The first-order valence-corrected chi connectivity index (χ1v) is 5.72. The summed E-state index contributed by atoms with van der Waals surface area (Å²) in [6.45, 7) is 0.0630. The zero-order valence-corrected chi connectivity index (χ0v) is 9.96. The lowest BCUT2D eigenvalue weighted by molar-refractivity contribution is -0.146. The van der Waals surface area contributed by atoms with Gasteiger partial charge in [-0.15, -0.1) is 0 Å². The monoisotopic (exact) mass is 263 g/mol. The molecule has 1 heterocycles. The molecule has 4 N–H and O–H groups in total. The number of aliphatic carboxylic acids is 1. The average molecular weight is 263 g/mol. The van der Waals surface area contributed by atoms with Gasteiger partial charge in [0.15, 0.2) is 11.8 Å². The molecule has 19 heavy (non-hydrogen) atoms. The summed E-state index contributed by atoms with van der Waals surface area (Å²) in [6, 6.07) is 7.18. The van der Waals surface area contributed by atoms with E-state index in [1.165, 1.54) is 0 Å². The summed E-state index contributed by atoms with van der Waals surface area (Å²) in [5.74, 6) is -1.71. The van der Waals surface area contributed by atoms with Crippen molar-refractivity contribution in [1.82, 2.24) is 15.5 Å². The molecule has 0 spiro atoms. The van der Waals surface area contributed by atoms with Crippen molar-refractivity contribution in [2.24, 2.45) is 0 Å². The number of carboxylic acid groups (broad SMARTS) is 1. The number of amides is 1. The lowest BCUT2D eigenvalue weighted by atomic mass is 10.2. The molecule has 1 aromatic heterocycles. The van der Waals surface area contributed by atoms with Gasteiger partial charge in [-0.3, -0.25) is 9.89 Å². The van der Waals surface area contributed by atoms with Crippen molar-refractivity contribution < 1.29 is 19.8 Å². The minimum absolute atomic E-state index is 0.0522. The zero-order chi connectivity index (χ0) is 13.8. The van der Waals surface area contributed by atoms with Gasteiger partial charge in [-0.2, -0.15) is 5.10 Å². The van der Waals surface area contributed by atoms with Crippen LogP contribution in [-0.2, 0) is 4.79 Å². The first-order chi connectivity index (χ1) is 9.09. The number of hydrogen-bond acceptors (Lipinski definition) is 4. The van der Waals surface area contributed by atoms with E-state index >= 15 is 0 Å². The number of nitrogens with one attached hydrogen (secondary N) is 2. The molecule has 0 saturated carbocycles. The van der Waals surface area contributed by atoms with Crippen LogP contribution >= 0.6 is 0 Å².